The number of thiophene rings is 1. The molecule has 0 radical (unpaired) electrons. The van der Waals surface area contributed by atoms with Crippen LogP contribution in [0.2, 0.25) is 0 Å². The van der Waals surface area contributed by atoms with Gasteiger partial charge in [0.05, 0.1) is 9.35 Å². The third kappa shape index (κ3) is 2.70. The number of hydrogen-bond acceptors (Lipinski definition) is 2. The van der Waals surface area contributed by atoms with E-state index in [9.17, 15) is 9.18 Å². The zero-order chi connectivity index (χ0) is 13.3. The smallest absolute Gasteiger partial charge is 0.175 e. The summed E-state index contributed by atoms with van der Waals surface area (Å²) in [6, 6.07) is 8.65. The van der Waals surface area contributed by atoms with Crippen molar-refractivity contribution < 1.29 is 9.18 Å². The summed E-state index contributed by atoms with van der Waals surface area (Å²) in [6.45, 7) is 3.75. The SMILES string of the molecule is CC(C)C(=O)c1ccc(-c2ccc(Br)c(F)c2)s1. The van der Waals surface area contributed by atoms with Gasteiger partial charge in [-0.2, -0.15) is 0 Å². The minimum atomic E-state index is -0.294. The Kier molecular flexibility index (Phi) is 3.97. The van der Waals surface area contributed by atoms with Gasteiger partial charge in [-0.3, -0.25) is 4.79 Å². The lowest BCUT2D eigenvalue weighted by molar-refractivity contribution is 0.0943. The van der Waals surface area contributed by atoms with E-state index in [1.807, 2.05) is 32.0 Å². The second-order valence-corrected chi connectivity index (χ2v) is 6.25. The standard InChI is InChI=1S/C14H12BrFOS/c1-8(2)14(17)13-6-5-12(18-13)9-3-4-10(15)11(16)7-9/h3-8H,1-2H3. The summed E-state index contributed by atoms with van der Waals surface area (Å²) in [5, 5.41) is 0. The number of halogens is 2. The molecule has 0 bridgehead atoms. The molecule has 2 aromatic rings. The molecule has 0 aliphatic carbocycles. The fourth-order valence-electron chi connectivity index (χ4n) is 1.56. The van der Waals surface area contributed by atoms with Crippen LogP contribution in [-0.2, 0) is 0 Å². The number of hydrogen-bond donors (Lipinski definition) is 0. The predicted molar refractivity (Wildman–Crippen MR) is 76.6 cm³/mol. The molecule has 0 amide bonds. The fraction of sp³-hybridized carbons (Fsp3) is 0.214. The van der Waals surface area contributed by atoms with E-state index >= 15 is 0 Å². The van der Waals surface area contributed by atoms with Crippen molar-refractivity contribution in [2.24, 2.45) is 5.92 Å². The van der Waals surface area contributed by atoms with E-state index in [1.165, 1.54) is 17.4 Å². The van der Waals surface area contributed by atoms with Crippen LogP contribution in [0.5, 0.6) is 0 Å². The normalized spacial score (nSPS) is 10.9. The predicted octanol–water partition coefficient (Wildman–Crippen LogP) is 5.16. The van der Waals surface area contributed by atoms with Gasteiger partial charge in [-0.05, 0) is 45.8 Å². The van der Waals surface area contributed by atoms with Crippen molar-refractivity contribution in [3.8, 4) is 10.4 Å². The first-order chi connectivity index (χ1) is 8.49. The Hall–Kier alpha value is -1.00. The van der Waals surface area contributed by atoms with Gasteiger partial charge in [0.2, 0.25) is 0 Å². The maximum absolute atomic E-state index is 13.4. The summed E-state index contributed by atoms with van der Waals surface area (Å²) >= 11 is 4.53. The minimum absolute atomic E-state index is 0.0156. The van der Waals surface area contributed by atoms with E-state index in [0.717, 1.165) is 15.3 Å². The van der Waals surface area contributed by atoms with Crippen LogP contribution in [0, 0.1) is 11.7 Å². The molecule has 1 heterocycles. The summed E-state index contributed by atoms with van der Waals surface area (Å²) in [5.41, 5.74) is 0.795. The Labute approximate surface area is 118 Å². The van der Waals surface area contributed by atoms with E-state index in [0.29, 0.717) is 4.47 Å². The van der Waals surface area contributed by atoms with Gasteiger partial charge in [0.15, 0.2) is 5.78 Å². The van der Waals surface area contributed by atoms with Crippen molar-refractivity contribution in [3.63, 3.8) is 0 Å². The summed E-state index contributed by atoms with van der Waals surface area (Å²) < 4.78 is 13.9. The van der Waals surface area contributed by atoms with Crippen LogP contribution < -0.4 is 0 Å². The molecule has 0 fully saturated rings. The lowest BCUT2D eigenvalue weighted by Crippen LogP contribution is -2.04. The highest BCUT2D eigenvalue weighted by atomic mass is 79.9. The molecule has 1 aromatic carbocycles. The summed E-state index contributed by atoms with van der Waals surface area (Å²) in [4.78, 5) is 13.5. The zero-order valence-electron chi connectivity index (χ0n) is 10.0. The van der Waals surface area contributed by atoms with Crippen LogP contribution >= 0.6 is 27.3 Å². The van der Waals surface area contributed by atoms with E-state index in [1.54, 1.807) is 6.07 Å². The van der Waals surface area contributed by atoms with Crippen molar-refractivity contribution in [1.82, 2.24) is 0 Å². The van der Waals surface area contributed by atoms with Gasteiger partial charge in [0, 0.05) is 10.8 Å². The molecular weight excluding hydrogens is 315 g/mol. The van der Waals surface area contributed by atoms with Gasteiger partial charge >= 0.3 is 0 Å². The first-order valence-electron chi connectivity index (χ1n) is 5.58. The molecule has 0 spiro atoms. The van der Waals surface area contributed by atoms with Crippen molar-refractivity contribution >= 4 is 33.0 Å². The third-order valence-corrected chi connectivity index (χ3v) is 4.37. The fourth-order valence-corrected chi connectivity index (χ4v) is 2.90. The highest BCUT2D eigenvalue weighted by Crippen LogP contribution is 2.31. The van der Waals surface area contributed by atoms with Crippen molar-refractivity contribution in [3.05, 3.63) is 45.5 Å². The second kappa shape index (κ2) is 5.33. The first kappa shape index (κ1) is 13.4. The van der Waals surface area contributed by atoms with Crippen molar-refractivity contribution in [1.29, 1.82) is 0 Å². The molecule has 0 aliphatic rings. The Morgan fingerprint density at radius 1 is 1.28 bits per heavy atom. The van der Waals surface area contributed by atoms with Gasteiger partial charge in [-0.1, -0.05) is 19.9 Å². The van der Waals surface area contributed by atoms with Gasteiger partial charge in [0.25, 0.3) is 0 Å². The molecule has 0 saturated carbocycles. The average molecular weight is 327 g/mol. The highest BCUT2D eigenvalue weighted by Gasteiger charge is 2.14. The largest absolute Gasteiger partial charge is 0.293 e. The van der Waals surface area contributed by atoms with Gasteiger partial charge in [0.1, 0.15) is 5.82 Å². The maximum Gasteiger partial charge on any atom is 0.175 e. The molecule has 0 aliphatic heterocycles. The quantitative estimate of drug-likeness (QED) is 0.712. The molecule has 18 heavy (non-hydrogen) atoms. The zero-order valence-corrected chi connectivity index (χ0v) is 12.4. The summed E-state index contributed by atoms with van der Waals surface area (Å²) in [7, 11) is 0. The molecule has 1 nitrogen and oxygen atoms in total. The van der Waals surface area contributed by atoms with E-state index in [4.69, 9.17) is 0 Å². The number of ketones is 1. The van der Waals surface area contributed by atoms with Gasteiger partial charge in [-0.25, -0.2) is 4.39 Å². The maximum atomic E-state index is 13.4. The van der Waals surface area contributed by atoms with Crippen LogP contribution in [0.1, 0.15) is 23.5 Å². The molecule has 0 unspecified atom stereocenters. The third-order valence-electron chi connectivity index (χ3n) is 2.58. The van der Waals surface area contributed by atoms with E-state index < -0.39 is 0 Å². The Balaban J connectivity index is 2.35. The number of Topliss-reactive ketones (excluding diaryl/α,β-unsaturated/α-hetero) is 1. The molecular formula is C14H12BrFOS. The minimum Gasteiger partial charge on any atom is -0.293 e. The highest BCUT2D eigenvalue weighted by molar-refractivity contribution is 9.10. The van der Waals surface area contributed by atoms with Crippen LogP contribution in [-0.4, -0.2) is 5.78 Å². The van der Waals surface area contributed by atoms with Crippen LogP contribution in [0.4, 0.5) is 4.39 Å². The molecule has 4 heteroatoms. The van der Waals surface area contributed by atoms with Crippen LogP contribution in [0.25, 0.3) is 10.4 Å². The first-order valence-corrected chi connectivity index (χ1v) is 7.19. The molecule has 1 aromatic heterocycles. The second-order valence-electron chi connectivity index (χ2n) is 4.31. The Morgan fingerprint density at radius 3 is 2.61 bits per heavy atom. The number of carbonyl (C=O) groups is 1. The van der Waals surface area contributed by atoms with Crippen LogP contribution in [0.15, 0.2) is 34.8 Å². The summed E-state index contributed by atoms with van der Waals surface area (Å²) in [5.74, 6) is -0.181. The molecule has 0 N–H and O–H groups in total. The van der Waals surface area contributed by atoms with E-state index in [-0.39, 0.29) is 17.5 Å². The molecule has 94 valence electrons. The van der Waals surface area contributed by atoms with Gasteiger partial charge < -0.3 is 0 Å². The average Bonchev–Trinajstić information content (AvgIpc) is 2.81. The Bertz CT molecular complexity index is 589. The number of benzene rings is 1. The summed E-state index contributed by atoms with van der Waals surface area (Å²) in [6.07, 6.45) is 0. The lowest BCUT2D eigenvalue weighted by atomic mass is 10.1. The number of rotatable bonds is 3. The molecule has 2 rings (SSSR count). The lowest BCUT2D eigenvalue weighted by Gasteiger charge is -2.01. The van der Waals surface area contributed by atoms with E-state index in [2.05, 4.69) is 15.9 Å². The van der Waals surface area contributed by atoms with Crippen LogP contribution in [0.3, 0.4) is 0 Å². The van der Waals surface area contributed by atoms with Crippen molar-refractivity contribution in [2.75, 3.05) is 0 Å². The molecule has 0 atom stereocenters. The molecule has 0 saturated heterocycles. The van der Waals surface area contributed by atoms with Crippen molar-refractivity contribution in [2.45, 2.75) is 13.8 Å². The number of carbonyl (C=O) groups excluding carboxylic acids is 1. The topological polar surface area (TPSA) is 17.1 Å². The Morgan fingerprint density at radius 2 is 2.00 bits per heavy atom. The van der Waals surface area contributed by atoms with Gasteiger partial charge in [-0.15, -0.1) is 11.3 Å². The monoisotopic (exact) mass is 326 g/mol.